The monoisotopic (exact) mass is 299 g/mol. The molecule has 5 heteroatoms. The van der Waals surface area contributed by atoms with Gasteiger partial charge in [0.15, 0.2) is 5.11 Å². The fraction of sp³-hybridized carbons (Fsp3) is 0.933. The van der Waals surface area contributed by atoms with Crippen LogP contribution in [0.25, 0.3) is 0 Å². The van der Waals surface area contributed by atoms with E-state index in [2.05, 4.69) is 22.6 Å². The molecule has 0 aliphatic carbocycles. The molecule has 20 heavy (non-hydrogen) atoms. The third kappa shape index (κ3) is 4.57. The van der Waals surface area contributed by atoms with E-state index in [1.807, 2.05) is 6.92 Å². The van der Waals surface area contributed by atoms with Gasteiger partial charge in [-0.05, 0) is 58.3 Å². The minimum Gasteiger partial charge on any atom is -0.382 e. The average molecular weight is 299 g/mol. The summed E-state index contributed by atoms with van der Waals surface area (Å²) in [6, 6.07) is 2.05. The number of thiocarbonyl (C=S) groups is 1. The Morgan fingerprint density at radius 3 is 2.65 bits per heavy atom. The zero-order valence-corrected chi connectivity index (χ0v) is 13.7. The molecule has 2 saturated heterocycles. The zero-order chi connectivity index (χ0) is 14.4. The first-order valence-electron chi connectivity index (χ1n) is 8.04. The molecule has 4 nitrogen and oxygen atoms in total. The highest BCUT2D eigenvalue weighted by Gasteiger charge is 2.35. The van der Waals surface area contributed by atoms with Crippen molar-refractivity contribution in [2.24, 2.45) is 0 Å². The van der Waals surface area contributed by atoms with Gasteiger partial charge in [-0.2, -0.15) is 0 Å². The van der Waals surface area contributed by atoms with Gasteiger partial charge in [-0.1, -0.05) is 6.42 Å². The summed E-state index contributed by atoms with van der Waals surface area (Å²) in [5.41, 5.74) is 0. The van der Waals surface area contributed by atoms with Crippen molar-refractivity contribution in [3.63, 3.8) is 0 Å². The van der Waals surface area contributed by atoms with Crippen LogP contribution in [0.2, 0.25) is 0 Å². The largest absolute Gasteiger partial charge is 0.382 e. The molecule has 0 spiro atoms. The van der Waals surface area contributed by atoms with Gasteiger partial charge in [-0.3, -0.25) is 0 Å². The standard InChI is InChI=1S/C15H29N3OS/c1-3-19-9-5-8-16-15(20)17-12-10-13-6-4-7-14(11-12)18(13)2/h12-14H,3-11H2,1-2H3,(H2,16,17,20). The number of ether oxygens (including phenoxy) is 1. The van der Waals surface area contributed by atoms with Crippen molar-refractivity contribution in [1.82, 2.24) is 15.5 Å². The summed E-state index contributed by atoms with van der Waals surface area (Å²) in [5.74, 6) is 0. The fourth-order valence-corrected chi connectivity index (χ4v) is 3.76. The Balaban J connectivity index is 1.65. The SMILES string of the molecule is CCOCCCNC(=S)NC1CC2CCCC(C1)N2C. The molecule has 2 aliphatic heterocycles. The lowest BCUT2D eigenvalue weighted by molar-refractivity contribution is 0.0528. The molecule has 2 unspecified atom stereocenters. The zero-order valence-electron chi connectivity index (χ0n) is 12.9. The molecule has 0 aromatic heterocycles. The molecule has 2 bridgehead atoms. The Morgan fingerprint density at radius 2 is 2.00 bits per heavy atom. The van der Waals surface area contributed by atoms with Crippen molar-refractivity contribution in [3.8, 4) is 0 Å². The van der Waals surface area contributed by atoms with Gasteiger partial charge in [0.1, 0.15) is 0 Å². The van der Waals surface area contributed by atoms with E-state index in [4.69, 9.17) is 17.0 Å². The molecule has 2 fully saturated rings. The summed E-state index contributed by atoms with van der Waals surface area (Å²) in [5, 5.41) is 7.62. The lowest BCUT2D eigenvalue weighted by Crippen LogP contribution is -2.56. The van der Waals surface area contributed by atoms with Crippen molar-refractivity contribution in [2.75, 3.05) is 26.8 Å². The highest BCUT2D eigenvalue weighted by Crippen LogP contribution is 2.32. The van der Waals surface area contributed by atoms with E-state index in [1.165, 1.54) is 32.1 Å². The molecule has 0 saturated carbocycles. The van der Waals surface area contributed by atoms with Crippen LogP contribution in [0, 0.1) is 0 Å². The highest BCUT2D eigenvalue weighted by atomic mass is 32.1. The lowest BCUT2D eigenvalue weighted by Gasteiger charge is -2.47. The van der Waals surface area contributed by atoms with Crippen LogP contribution in [0.5, 0.6) is 0 Å². The van der Waals surface area contributed by atoms with Crippen LogP contribution in [-0.4, -0.2) is 54.9 Å². The van der Waals surface area contributed by atoms with Gasteiger partial charge in [-0.15, -0.1) is 0 Å². The molecule has 116 valence electrons. The second-order valence-corrected chi connectivity index (χ2v) is 6.43. The van der Waals surface area contributed by atoms with Gasteiger partial charge >= 0.3 is 0 Å². The van der Waals surface area contributed by atoms with Crippen LogP contribution in [0.15, 0.2) is 0 Å². The maximum absolute atomic E-state index is 5.40. The van der Waals surface area contributed by atoms with Crippen LogP contribution in [0.3, 0.4) is 0 Å². The van der Waals surface area contributed by atoms with Crippen molar-refractivity contribution in [3.05, 3.63) is 0 Å². The Kier molecular flexibility index (Phi) is 6.52. The molecular formula is C15H29N3OS. The maximum Gasteiger partial charge on any atom is 0.166 e. The van der Waals surface area contributed by atoms with Gasteiger partial charge in [0.25, 0.3) is 0 Å². The average Bonchev–Trinajstić information content (AvgIpc) is 2.40. The third-order valence-corrected chi connectivity index (χ3v) is 4.89. The molecule has 0 aromatic rings. The molecule has 0 amide bonds. The number of nitrogens with zero attached hydrogens (tertiary/aromatic N) is 1. The maximum atomic E-state index is 5.40. The van der Waals surface area contributed by atoms with Crippen LogP contribution in [-0.2, 0) is 4.74 Å². The number of nitrogens with one attached hydrogen (secondary N) is 2. The number of fused-ring (bicyclic) bond motifs is 2. The smallest absolute Gasteiger partial charge is 0.166 e. The predicted octanol–water partition coefficient (Wildman–Crippen LogP) is 1.89. The Morgan fingerprint density at radius 1 is 1.30 bits per heavy atom. The Labute approximate surface area is 128 Å². The number of rotatable bonds is 6. The molecule has 2 atom stereocenters. The van der Waals surface area contributed by atoms with Gasteiger partial charge in [-0.25, -0.2) is 0 Å². The quantitative estimate of drug-likeness (QED) is 0.579. The molecular weight excluding hydrogens is 270 g/mol. The van der Waals surface area contributed by atoms with Crippen LogP contribution >= 0.6 is 12.2 Å². The van der Waals surface area contributed by atoms with Crippen molar-refractivity contribution >= 4 is 17.3 Å². The second-order valence-electron chi connectivity index (χ2n) is 6.02. The summed E-state index contributed by atoms with van der Waals surface area (Å²) in [4.78, 5) is 2.58. The van der Waals surface area contributed by atoms with Gasteiger partial charge in [0.2, 0.25) is 0 Å². The number of hydrogen-bond donors (Lipinski definition) is 2. The fourth-order valence-electron chi connectivity index (χ4n) is 3.49. The molecule has 2 rings (SSSR count). The van der Waals surface area contributed by atoms with E-state index in [0.717, 1.165) is 43.4 Å². The molecule has 0 radical (unpaired) electrons. The highest BCUT2D eigenvalue weighted by molar-refractivity contribution is 7.80. The first-order valence-corrected chi connectivity index (χ1v) is 8.45. The number of piperidine rings is 2. The van der Waals surface area contributed by atoms with E-state index in [9.17, 15) is 0 Å². The molecule has 2 heterocycles. The molecule has 2 N–H and O–H groups in total. The lowest BCUT2D eigenvalue weighted by atomic mass is 9.82. The van der Waals surface area contributed by atoms with Crippen LogP contribution < -0.4 is 10.6 Å². The minimum absolute atomic E-state index is 0.549. The van der Waals surface area contributed by atoms with Crippen molar-refractivity contribution in [1.29, 1.82) is 0 Å². The Bertz CT molecular complexity index is 299. The van der Waals surface area contributed by atoms with Gasteiger partial charge < -0.3 is 20.3 Å². The molecule has 2 aliphatic rings. The van der Waals surface area contributed by atoms with Gasteiger partial charge in [0.05, 0.1) is 0 Å². The first-order chi connectivity index (χ1) is 9.70. The van der Waals surface area contributed by atoms with Crippen LogP contribution in [0.4, 0.5) is 0 Å². The topological polar surface area (TPSA) is 36.5 Å². The summed E-state index contributed by atoms with van der Waals surface area (Å²) in [7, 11) is 2.29. The van der Waals surface area contributed by atoms with E-state index < -0.39 is 0 Å². The predicted molar refractivity (Wildman–Crippen MR) is 87.1 cm³/mol. The van der Waals surface area contributed by atoms with E-state index >= 15 is 0 Å². The summed E-state index contributed by atoms with van der Waals surface area (Å²) in [6.07, 6.45) is 7.56. The summed E-state index contributed by atoms with van der Waals surface area (Å²) in [6.45, 7) is 4.52. The number of hydrogen-bond acceptors (Lipinski definition) is 3. The minimum atomic E-state index is 0.549. The first kappa shape index (κ1) is 16.0. The molecule has 0 aromatic carbocycles. The van der Waals surface area contributed by atoms with Crippen LogP contribution in [0.1, 0.15) is 45.4 Å². The van der Waals surface area contributed by atoms with Gasteiger partial charge in [0, 0.05) is 37.9 Å². The van der Waals surface area contributed by atoms with Crippen molar-refractivity contribution in [2.45, 2.75) is 63.6 Å². The van der Waals surface area contributed by atoms with Crippen molar-refractivity contribution < 1.29 is 4.74 Å². The van der Waals surface area contributed by atoms with E-state index in [1.54, 1.807) is 0 Å². The van der Waals surface area contributed by atoms with E-state index in [0.29, 0.717) is 6.04 Å². The van der Waals surface area contributed by atoms with E-state index in [-0.39, 0.29) is 0 Å². The normalized spacial score (nSPS) is 30.0. The summed E-state index contributed by atoms with van der Waals surface area (Å²) < 4.78 is 5.32. The third-order valence-electron chi connectivity index (χ3n) is 4.63. The summed E-state index contributed by atoms with van der Waals surface area (Å²) >= 11 is 5.40. The Hall–Kier alpha value is -0.390. The second kappa shape index (κ2) is 8.15.